The van der Waals surface area contributed by atoms with Crippen LogP contribution < -0.4 is 0 Å². The third kappa shape index (κ3) is 2.88. The van der Waals surface area contributed by atoms with Crippen molar-refractivity contribution in [3.8, 4) is 0 Å². The highest BCUT2D eigenvalue weighted by atomic mass is 16.7. The minimum atomic E-state index is -1.06. The lowest BCUT2D eigenvalue weighted by molar-refractivity contribution is -0.267. The van der Waals surface area contributed by atoms with Crippen molar-refractivity contribution in [3.63, 3.8) is 0 Å². The van der Waals surface area contributed by atoms with E-state index in [2.05, 4.69) is 0 Å². The van der Waals surface area contributed by atoms with Gasteiger partial charge in [-0.3, -0.25) is 4.79 Å². The maximum absolute atomic E-state index is 10.8. The fourth-order valence-corrected chi connectivity index (χ4v) is 1.61. The van der Waals surface area contributed by atoms with Gasteiger partial charge in [-0.15, -0.1) is 0 Å². The quantitative estimate of drug-likeness (QED) is 0.634. The van der Waals surface area contributed by atoms with Crippen LogP contribution in [0.4, 0.5) is 0 Å². The van der Waals surface area contributed by atoms with Crippen molar-refractivity contribution in [2.24, 2.45) is 0 Å². The van der Waals surface area contributed by atoms with Crippen LogP contribution in [0, 0.1) is 0 Å². The Bertz CT molecular complexity index is 219. The molecular formula is C9H16O6. The molecule has 88 valence electrons. The van der Waals surface area contributed by atoms with Crippen molar-refractivity contribution in [1.29, 1.82) is 0 Å². The second-order valence-corrected chi connectivity index (χ2v) is 3.27. The highest BCUT2D eigenvalue weighted by Gasteiger charge is 2.42. The lowest BCUT2D eigenvalue weighted by atomic mass is 10.0. The van der Waals surface area contributed by atoms with Crippen molar-refractivity contribution >= 4 is 5.97 Å². The van der Waals surface area contributed by atoms with E-state index in [4.69, 9.17) is 18.9 Å². The van der Waals surface area contributed by atoms with E-state index in [-0.39, 0.29) is 6.61 Å². The molecule has 4 atom stereocenters. The van der Waals surface area contributed by atoms with E-state index in [1.165, 1.54) is 21.1 Å². The number of carbonyl (C=O) groups excluding carboxylic acids is 1. The number of aliphatic hydroxyl groups excluding tert-OH is 1. The average Bonchev–Trinajstić information content (AvgIpc) is 2.19. The zero-order valence-electron chi connectivity index (χ0n) is 9.00. The Labute approximate surface area is 88.1 Å². The predicted octanol–water partition coefficient (Wildman–Crippen LogP) is -0.703. The number of hydrogen-bond donors (Lipinski definition) is 1. The molecule has 1 heterocycles. The van der Waals surface area contributed by atoms with Gasteiger partial charge < -0.3 is 24.1 Å². The summed E-state index contributed by atoms with van der Waals surface area (Å²) in [6, 6.07) is 0. The van der Waals surface area contributed by atoms with Crippen LogP contribution in [0.3, 0.4) is 0 Å². The topological polar surface area (TPSA) is 74.2 Å². The van der Waals surface area contributed by atoms with Crippen LogP contribution in [0.5, 0.6) is 0 Å². The van der Waals surface area contributed by atoms with Crippen LogP contribution in [-0.4, -0.2) is 56.5 Å². The molecule has 0 bridgehead atoms. The Hall–Kier alpha value is -0.690. The highest BCUT2D eigenvalue weighted by molar-refractivity contribution is 5.66. The smallest absolute Gasteiger partial charge is 0.303 e. The third-order valence-corrected chi connectivity index (χ3v) is 2.26. The number of ether oxygens (including phenoxy) is 4. The van der Waals surface area contributed by atoms with Gasteiger partial charge in [0.1, 0.15) is 12.2 Å². The van der Waals surface area contributed by atoms with E-state index in [9.17, 15) is 9.90 Å². The zero-order valence-corrected chi connectivity index (χ0v) is 9.00. The number of methoxy groups -OCH3 is 2. The zero-order chi connectivity index (χ0) is 11.4. The molecule has 0 aromatic rings. The Morgan fingerprint density at radius 1 is 1.33 bits per heavy atom. The van der Waals surface area contributed by atoms with E-state index < -0.39 is 30.6 Å². The van der Waals surface area contributed by atoms with Crippen LogP contribution in [0.15, 0.2) is 0 Å². The fourth-order valence-electron chi connectivity index (χ4n) is 1.61. The first-order valence-electron chi connectivity index (χ1n) is 4.62. The van der Waals surface area contributed by atoms with Crippen molar-refractivity contribution in [2.75, 3.05) is 20.8 Å². The molecule has 1 aliphatic rings. The van der Waals surface area contributed by atoms with Gasteiger partial charge in [-0.25, -0.2) is 0 Å². The van der Waals surface area contributed by atoms with Crippen LogP contribution in [0.25, 0.3) is 0 Å². The number of hydrogen-bond acceptors (Lipinski definition) is 6. The molecule has 1 aliphatic heterocycles. The van der Waals surface area contributed by atoms with Crippen LogP contribution in [0.2, 0.25) is 0 Å². The van der Waals surface area contributed by atoms with E-state index >= 15 is 0 Å². The maximum Gasteiger partial charge on any atom is 0.303 e. The Morgan fingerprint density at radius 2 is 1.93 bits per heavy atom. The Morgan fingerprint density at radius 3 is 2.40 bits per heavy atom. The molecule has 0 spiro atoms. The third-order valence-electron chi connectivity index (χ3n) is 2.26. The normalized spacial score (nSPS) is 36.3. The van der Waals surface area contributed by atoms with Crippen molar-refractivity contribution in [3.05, 3.63) is 0 Å². The number of rotatable bonds is 3. The summed E-state index contributed by atoms with van der Waals surface area (Å²) in [4.78, 5) is 10.8. The molecule has 6 heteroatoms. The molecule has 0 aliphatic carbocycles. The largest absolute Gasteiger partial charge is 0.457 e. The van der Waals surface area contributed by atoms with Gasteiger partial charge in [0.05, 0.1) is 6.61 Å². The second-order valence-electron chi connectivity index (χ2n) is 3.27. The van der Waals surface area contributed by atoms with E-state index in [1.54, 1.807) is 0 Å². The molecule has 6 nitrogen and oxygen atoms in total. The molecule has 0 aromatic carbocycles. The molecule has 1 fully saturated rings. The van der Waals surface area contributed by atoms with Crippen LogP contribution in [-0.2, 0) is 23.7 Å². The lowest BCUT2D eigenvalue weighted by Crippen LogP contribution is -2.55. The van der Waals surface area contributed by atoms with Gasteiger partial charge in [0, 0.05) is 21.1 Å². The molecule has 0 radical (unpaired) electrons. The number of aliphatic hydroxyl groups is 1. The number of carbonyl (C=O) groups is 1. The molecule has 0 saturated carbocycles. The van der Waals surface area contributed by atoms with Gasteiger partial charge in [0.15, 0.2) is 12.4 Å². The second kappa shape index (κ2) is 5.41. The molecule has 1 saturated heterocycles. The van der Waals surface area contributed by atoms with Crippen LogP contribution in [0.1, 0.15) is 6.92 Å². The van der Waals surface area contributed by atoms with Gasteiger partial charge in [-0.1, -0.05) is 0 Å². The minimum absolute atomic E-state index is 0.0963. The molecule has 1 rings (SSSR count). The minimum Gasteiger partial charge on any atom is -0.457 e. The SMILES string of the molecule is CO[C@@H]1[C@@H](OC)[C@H](OC(C)=O)CO[C@@H]1O. The highest BCUT2D eigenvalue weighted by Crippen LogP contribution is 2.21. The van der Waals surface area contributed by atoms with Crippen molar-refractivity contribution in [1.82, 2.24) is 0 Å². The van der Waals surface area contributed by atoms with Crippen LogP contribution >= 0.6 is 0 Å². The lowest BCUT2D eigenvalue weighted by Gasteiger charge is -2.38. The summed E-state index contributed by atoms with van der Waals surface area (Å²) in [5.74, 6) is -0.420. The van der Waals surface area contributed by atoms with Gasteiger partial charge >= 0.3 is 5.97 Å². The van der Waals surface area contributed by atoms with E-state index in [0.29, 0.717) is 0 Å². The number of esters is 1. The molecule has 0 amide bonds. The Balaban J connectivity index is 2.68. The molecule has 0 unspecified atom stereocenters. The first kappa shape index (κ1) is 12.4. The monoisotopic (exact) mass is 220 g/mol. The summed E-state index contributed by atoms with van der Waals surface area (Å²) in [6.07, 6.45) is -2.80. The summed E-state index contributed by atoms with van der Waals surface area (Å²) in [7, 11) is 2.89. The summed E-state index contributed by atoms with van der Waals surface area (Å²) in [5.41, 5.74) is 0. The summed E-state index contributed by atoms with van der Waals surface area (Å²) in [5, 5.41) is 9.45. The summed E-state index contributed by atoms with van der Waals surface area (Å²) >= 11 is 0. The van der Waals surface area contributed by atoms with Gasteiger partial charge in [0.25, 0.3) is 0 Å². The van der Waals surface area contributed by atoms with Gasteiger partial charge in [-0.05, 0) is 0 Å². The first-order valence-corrected chi connectivity index (χ1v) is 4.62. The van der Waals surface area contributed by atoms with Crippen molar-refractivity contribution in [2.45, 2.75) is 31.5 Å². The molecule has 1 N–H and O–H groups in total. The van der Waals surface area contributed by atoms with E-state index in [0.717, 1.165) is 0 Å². The van der Waals surface area contributed by atoms with Gasteiger partial charge in [-0.2, -0.15) is 0 Å². The van der Waals surface area contributed by atoms with Crippen molar-refractivity contribution < 1.29 is 28.8 Å². The molecule has 0 aromatic heterocycles. The average molecular weight is 220 g/mol. The summed E-state index contributed by atoms with van der Waals surface area (Å²) in [6.45, 7) is 1.40. The first-order chi connectivity index (χ1) is 7.10. The fraction of sp³-hybridized carbons (Fsp3) is 0.889. The summed E-state index contributed by atoms with van der Waals surface area (Å²) < 4.78 is 20.2. The molecule has 15 heavy (non-hydrogen) atoms. The van der Waals surface area contributed by atoms with E-state index in [1.807, 2.05) is 0 Å². The molecular weight excluding hydrogens is 204 g/mol. The standard InChI is InChI=1S/C9H16O6/c1-5(10)15-6-4-14-9(11)8(13-3)7(6)12-2/h6-9,11H,4H2,1-3H3/t6-,7+,8-,9+/m1/s1. The Kier molecular flexibility index (Phi) is 4.46. The van der Waals surface area contributed by atoms with Gasteiger partial charge in [0.2, 0.25) is 0 Å². The predicted molar refractivity (Wildman–Crippen MR) is 49.1 cm³/mol. The maximum atomic E-state index is 10.8.